The third kappa shape index (κ3) is 3.00. The maximum Gasteiger partial charge on any atom is 0.128 e. The first-order chi connectivity index (χ1) is 8.58. The summed E-state index contributed by atoms with van der Waals surface area (Å²) in [6, 6.07) is 4.48. The fraction of sp³-hybridized carbons (Fsp3) is 0.643. The number of aliphatic hydroxyl groups is 1. The Morgan fingerprint density at radius 2 is 1.83 bits per heavy atom. The van der Waals surface area contributed by atoms with Gasteiger partial charge in [-0.3, -0.25) is 4.90 Å². The fourth-order valence-corrected chi connectivity index (χ4v) is 2.33. The van der Waals surface area contributed by atoms with Gasteiger partial charge in [0, 0.05) is 38.4 Å². The van der Waals surface area contributed by atoms with Gasteiger partial charge in [0.2, 0.25) is 0 Å². The summed E-state index contributed by atoms with van der Waals surface area (Å²) in [4.78, 5) is 9.19. The molecule has 1 aromatic heterocycles. The molecule has 1 atom stereocenters. The maximum atomic E-state index is 9.61. The first-order valence-electron chi connectivity index (χ1n) is 6.71. The number of piperazine rings is 1. The normalized spacial score (nSPS) is 19.3. The molecule has 4 nitrogen and oxygen atoms in total. The summed E-state index contributed by atoms with van der Waals surface area (Å²) < 4.78 is 0. The van der Waals surface area contributed by atoms with Gasteiger partial charge < -0.3 is 10.0 Å². The van der Waals surface area contributed by atoms with E-state index in [1.807, 2.05) is 12.1 Å². The first-order valence-corrected chi connectivity index (χ1v) is 6.71. The van der Waals surface area contributed by atoms with E-state index in [1.165, 1.54) is 0 Å². The second-order valence-electron chi connectivity index (χ2n) is 5.24. The number of aromatic nitrogens is 1. The Morgan fingerprint density at radius 3 is 2.39 bits per heavy atom. The molecule has 1 saturated heterocycles. The first kappa shape index (κ1) is 13.3. The predicted octanol–water partition coefficient (Wildman–Crippen LogP) is 1.67. The van der Waals surface area contributed by atoms with Crippen molar-refractivity contribution in [1.82, 2.24) is 9.88 Å². The maximum absolute atomic E-state index is 9.61. The zero-order chi connectivity index (χ0) is 13.1. The second kappa shape index (κ2) is 5.67. The van der Waals surface area contributed by atoms with Crippen molar-refractivity contribution in [1.29, 1.82) is 0 Å². The van der Waals surface area contributed by atoms with Crippen LogP contribution in [0.4, 0.5) is 5.82 Å². The molecule has 1 N–H and O–H groups in total. The molecule has 0 aliphatic carbocycles. The summed E-state index contributed by atoms with van der Waals surface area (Å²) in [5.41, 5.74) is 0.936. The van der Waals surface area contributed by atoms with Crippen molar-refractivity contribution < 1.29 is 5.11 Å². The van der Waals surface area contributed by atoms with E-state index >= 15 is 0 Å². The molecule has 2 rings (SSSR count). The second-order valence-corrected chi connectivity index (χ2v) is 5.24. The zero-order valence-electron chi connectivity index (χ0n) is 11.5. The van der Waals surface area contributed by atoms with Gasteiger partial charge in [0.25, 0.3) is 0 Å². The Bertz CT molecular complexity index is 384. The quantitative estimate of drug-likeness (QED) is 0.884. The molecule has 0 radical (unpaired) electrons. The average Bonchev–Trinajstić information content (AvgIpc) is 2.39. The Hall–Kier alpha value is -1.13. The largest absolute Gasteiger partial charge is 0.389 e. The van der Waals surface area contributed by atoms with E-state index in [9.17, 15) is 5.11 Å². The van der Waals surface area contributed by atoms with Crippen LogP contribution in [0, 0.1) is 0 Å². The monoisotopic (exact) mass is 249 g/mol. The molecular weight excluding hydrogens is 226 g/mol. The van der Waals surface area contributed by atoms with Crippen LogP contribution < -0.4 is 4.90 Å². The van der Waals surface area contributed by atoms with Gasteiger partial charge in [0.15, 0.2) is 0 Å². The van der Waals surface area contributed by atoms with E-state index in [2.05, 4.69) is 28.6 Å². The summed E-state index contributed by atoms with van der Waals surface area (Å²) in [5.74, 6) is 0.983. The number of hydrogen-bond donors (Lipinski definition) is 1. The molecule has 4 heteroatoms. The standard InChI is InChI=1S/C14H23N3O/c1-11(2)16-6-8-17(9-7-16)14-10-13(12(3)18)4-5-15-14/h4-5,10-12,18H,6-9H2,1-3H3. The topological polar surface area (TPSA) is 39.6 Å². The molecule has 1 aromatic rings. The van der Waals surface area contributed by atoms with Gasteiger partial charge in [-0.05, 0) is 38.5 Å². The van der Waals surface area contributed by atoms with Crippen molar-refractivity contribution in [2.24, 2.45) is 0 Å². The van der Waals surface area contributed by atoms with E-state index < -0.39 is 6.10 Å². The highest BCUT2D eigenvalue weighted by atomic mass is 16.3. The lowest BCUT2D eigenvalue weighted by atomic mass is 10.1. The molecule has 0 bridgehead atoms. The minimum absolute atomic E-state index is 0.427. The Kier molecular flexibility index (Phi) is 4.19. The van der Waals surface area contributed by atoms with Crippen LogP contribution in [0.1, 0.15) is 32.4 Å². The molecule has 100 valence electrons. The van der Waals surface area contributed by atoms with Crippen LogP contribution >= 0.6 is 0 Å². The van der Waals surface area contributed by atoms with Crippen LogP contribution in [-0.4, -0.2) is 47.2 Å². The van der Waals surface area contributed by atoms with Crippen LogP contribution in [0.3, 0.4) is 0 Å². The molecule has 1 unspecified atom stereocenters. The molecule has 1 aliphatic rings. The molecule has 18 heavy (non-hydrogen) atoms. The summed E-state index contributed by atoms with van der Waals surface area (Å²) in [7, 11) is 0. The molecule has 1 fully saturated rings. The number of rotatable bonds is 3. The van der Waals surface area contributed by atoms with Crippen LogP contribution in [0.5, 0.6) is 0 Å². The van der Waals surface area contributed by atoms with Crippen molar-refractivity contribution in [2.45, 2.75) is 32.9 Å². The SMILES string of the molecule is CC(O)c1ccnc(N2CCN(C(C)C)CC2)c1. The van der Waals surface area contributed by atoms with Crippen LogP contribution in [0.2, 0.25) is 0 Å². The number of aliphatic hydroxyl groups excluding tert-OH is 1. The molecule has 1 aliphatic heterocycles. The van der Waals surface area contributed by atoms with Crippen molar-refractivity contribution in [3.8, 4) is 0 Å². The van der Waals surface area contributed by atoms with Crippen LogP contribution in [-0.2, 0) is 0 Å². The summed E-state index contributed by atoms with van der Waals surface area (Å²) in [6.45, 7) is 10.4. The zero-order valence-corrected chi connectivity index (χ0v) is 11.5. The van der Waals surface area contributed by atoms with E-state index in [0.717, 1.165) is 37.6 Å². The number of pyridine rings is 1. The lowest BCUT2D eigenvalue weighted by molar-refractivity contribution is 0.199. The van der Waals surface area contributed by atoms with Crippen LogP contribution in [0.15, 0.2) is 18.3 Å². The fourth-order valence-electron chi connectivity index (χ4n) is 2.33. The predicted molar refractivity (Wildman–Crippen MR) is 73.8 cm³/mol. The average molecular weight is 249 g/mol. The third-order valence-electron chi connectivity index (χ3n) is 3.62. The van der Waals surface area contributed by atoms with Crippen LogP contribution in [0.25, 0.3) is 0 Å². The summed E-state index contributed by atoms with van der Waals surface area (Å²) in [5, 5.41) is 9.61. The highest BCUT2D eigenvalue weighted by Crippen LogP contribution is 2.19. The van der Waals surface area contributed by atoms with Gasteiger partial charge in [-0.25, -0.2) is 4.98 Å². The van der Waals surface area contributed by atoms with Gasteiger partial charge in [-0.2, -0.15) is 0 Å². The van der Waals surface area contributed by atoms with Gasteiger partial charge >= 0.3 is 0 Å². The van der Waals surface area contributed by atoms with Crippen molar-refractivity contribution in [3.63, 3.8) is 0 Å². The third-order valence-corrected chi connectivity index (χ3v) is 3.62. The van der Waals surface area contributed by atoms with E-state index in [0.29, 0.717) is 6.04 Å². The highest BCUT2D eigenvalue weighted by Gasteiger charge is 2.19. The smallest absolute Gasteiger partial charge is 0.128 e. The van der Waals surface area contributed by atoms with Crippen molar-refractivity contribution >= 4 is 5.82 Å². The van der Waals surface area contributed by atoms with Crippen molar-refractivity contribution in [2.75, 3.05) is 31.1 Å². The van der Waals surface area contributed by atoms with Gasteiger partial charge in [-0.1, -0.05) is 0 Å². The van der Waals surface area contributed by atoms with E-state index in [4.69, 9.17) is 0 Å². The van der Waals surface area contributed by atoms with Gasteiger partial charge in [0.05, 0.1) is 6.10 Å². The van der Waals surface area contributed by atoms with E-state index in [-0.39, 0.29) is 0 Å². The number of hydrogen-bond acceptors (Lipinski definition) is 4. The number of nitrogens with zero attached hydrogens (tertiary/aromatic N) is 3. The van der Waals surface area contributed by atoms with E-state index in [1.54, 1.807) is 13.1 Å². The Balaban J connectivity index is 2.03. The number of anilines is 1. The lowest BCUT2D eigenvalue weighted by Gasteiger charge is -2.37. The van der Waals surface area contributed by atoms with Gasteiger partial charge in [0.1, 0.15) is 5.82 Å². The molecule has 0 amide bonds. The Labute approximate surface area is 109 Å². The Morgan fingerprint density at radius 1 is 1.17 bits per heavy atom. The molecular formula is C14H23N3O. The highest BCUT2D eigenvalue weighted by molar-refractivity contribution is 5.42. The minimum atomic E-state index is -0.427. The molecule has 0 aromatic carbocycles. The summed E-state index contributed by atoms with van der Waals surface area (Å²) in [6.07, 6.45) is 1.36. The molecule has 0 spiro atoms. The molecule has 0 saturated carbocycles. The lowest BCUT2D eigenvalue weighted by Crippen LogP contribution is -2.49. The molecule has 2 heterocycles. The summed E-state index contributed by atoms with van der Waals surface area (Å²) >= 11 is 0. The van der Waals surface area contributed by atoms with Gasteiger partial charge in [-0.15, -0.1) is 0 Å². The van der Waals surface area contributed by atoms with Crippen molar-refractivity contribution in [3.05, 3.63) is 23.9 Å². The minimum Gasteiger partial charge on any atom is -0.389 e.